The Bertz CT molecular complexity index is 269. The molecule has 1 unspecified atom stereocenters. The molecule has 0 fully saturated rings. The summed E-state index contributed by atoms with van der Waals surface area (Å²) in [6, 6.07) is 0. The molecular formula is C15H26. The van der Waals surface area contributed by atoms with Gasteiger partial charge in [0.2, 0.25) is 0 Å². The van der Waals surface area contributed by atoms with E-state index in [2.05, 4.69) is 72.8 Å². The molecule has 0 aromatic carbocycles. The fourth-order valence-electron chi connectivity index (χ4n) is 1.65. The second kappa shape index (κ2) is 5.95. The molecule has 1 atom stereocenters. The molecule has 0 N–H and O–H groups in total. The van der Waals surface area contributed by atoms with Crippen LogP contribution in [0.25, 0.3) is 0 Å². The molecule has 0 aliphatic rings. The van der Waals surface area contributed by atoms with Gasteiger partial charge in [-0.25, -0.2) is 0 Å². The third kappa shape index (κ3) is 5.01. The quantitative estimate of drug-likeness (QED) is 0.443. The maximum absolute atomic E-state index is 2.32. The van der Waals surface area contributed by atoms with E-state index in [0.717, 1.165) is 0 Å². The topological polar surface area (TPSA) is 0 Å². The van der Waals surface area contributed by atoms with Gasteiger partial charge < -0.3 is 0 Å². The molecule has 0 radical (unpaired) electrons. The second-order valence-electron chi connectivity index (χ2n) is 5.27. The lowest BCUT2D eigenvalue weighted by molar-refractivity contribution is 0.330. The van der Waals surface area contributed by atoms with Gasteiger partial charge in [0.05, 0.1) is 0 Å². The van der Waals surface area contributed by atoms with Gasteiger partial charge >= 0.3 is 0 Å². The number of hydrogen-bond acceptors (Lipinski definition) is 0. The first-order chi connectivity index (χ1) is 6.82. The standard InChI is InChI=1S/C15H26/c1-8-12(3)10-11-14(13(4)9-2)15(5,6)7/h8-11,14H,1-7H3/b11-10+,12-8+,13-9-. The van der Waals surface area contributed by atoms with Crippen LogP contribution < -0.4 is 0 Å². The molecule has 0 nitrogen and oxygen atoms in total. The van der Waals surface area contributed by atoms with E-state index < -0.39 is 0 Å². The average molecular weight is 206 g/mol. The first-order valence-electron chi connectivity index (χ1n) is 5.76. The van der Waals surface area contributed by atoms with Gasteiger partial charge in [0.25, 0.3) is 0 Å². The highest BCUT2D eigenvalue weighted by Gasteiger charge is 2.22. The minimum atomic E-state index is 0.293. The van der Waals surface area contributed by atoms with Crippen LogP contribution in [0.3, 0.4) is 0 Å². The Hall–Kier alpha value is -0.780. The van der Waals surface area contributed by atoms with E-state index in [0.29, 0.717) is 11.3 Å². The lowest BCUT2D eigenvalue weighted by atomic mass is 9.76. The second-order valence-corrected chi connectivity index (χ2v) is 5.27. The lowest BCUT2D eigenvalue weighted by Crippen LogP contribution is -2.19. The Morgan fingerprint density at radius 1 is 1.00 bits per heavy atom. The molecule has 0 aromatic rings. The summed E-state index contributed by atoms with van der Waals surface area (Å²) < 4.78 is 0. The van der Waals surface area contributed by atoms with Crippen LogP contribution in [-0.4, -0.2) is 0 Å². The highest BCUT2D eigenvalue weighted by molar-refractivity contribution is 5.21. The maximum Gasteiger partial charge on any atom is 0.00257 e. The molecule has 15 heavy (non-hydrogen) atoms. The number of rotatable bonds is 3. The summed E-state index contributed by atoms with van der Waals surface area (Å²) >= 11 is 0. The van der Waals surface area contributed by atoms with Crippen LogP contribution in [-0.2, 0) is 0 Å². The SMILES string of the molecule is C/C=C(/C)C(/C=C/C(C)=C/C)C(C)(C)C. The summed E-state index contributed by atoms with van der Waals surface area (Å²) in [4.78, 5) is 0. The van der Waals surface area contributed by atoms with Crippen LogP contribution in [0.15, 0.2) is 35.5 Å². The van der Waals surface area contributed by atoms with Crippen molar-refractivity contribution in [2.45, 2.75) is 48.5 Å². The van der Waals surface area contributed by atoms with Crippen molar-refractivity contribution < 1.29 is 0 Å². The zero-order valence-electron chi connectivity index (χ0n) is 11.4. The van der Waals surface area contributed by atoms with Gasteiger partial charge in [-0.3, -0.25) is 0 Å². The van der Waals surface area contributed by atoms with Crippen LogP contribution in [0.1, 0.15) is 48.5 Å². The van der Waals surface area contributed by atoms with E-state index in [1.54, 1.807) is 0 Å². The Labute approximate surface area is 95.8 Å². The molecule has 0 saturated heterocycles. The largest absolute Gasteiger partial charge is 0.0881 e. The molecule has 0 rings (SSSR count). The van der Waals surface area contributed by atoms with Gasteiger partial charge in [-0.15, -0.1) is 0 Å². The van der Waals surface area contributed by atoms with Gasteiger partial charge in [-0.05, 0) is 33.1 Å². The van der Waals surface area contributed by atoms with Crippen LogP contribution in [0.4, 0.5) is 0 Å². The Morgan fingerprint density at radius 2 is 1.53 bits per heavy atom. The third-order valence-electron chi connectivity index (χ3n) is 2.89. The third-order valence-corrected chi connectivity index (χ3v) is 2.89. The van der Waals surface area contributed by atoms with Crippen molar-refractivity contribution in [1.29, 1.82) is 0 Å². The first-order valence-corrected chi connectivity index (χ1v) is 5.76. The highest BCUT2D eigenvalue weighted by atomic mass is 14.3. The Balaban J connectivity index is 4.92. The Kier molecular flexibility index (Phi) is 5.64. The highest BCUT2D eigenvalue weighted by Crippen LogP contribution is 2.33. The molecule has 0 aromatic heterocycles. The van der Waals surface area contributed by atoms with E-state index in [1.165, 1.54) is 11.1 Å². The molecule has 0 saturated carbocycles. The van der Waals surface area contributed by atoms with Crippen molar-refractivity contribution >= 4 is 0 Å². The van der Waals surface area contributed by atoms with E-state index in [-0.39, 0.29) is 0 Å². The molecule has 0 heteroatoms. The number of allylic oxidation sites excluding steroid dienone is 6. The predicted octanol–water partition coefficient (Wildman–Crippen LogP) is 5.14. The summed E-state index contributed by atoms with van der Waals surface area (Å²) in [7, 11) is 0. The summed E-state index contributed by atoms with van der Waals surface area (Å²) in [5.41, 5.74) is 3.07. The van der Waals surface area contributed by atoms with Crippen molar-refractivity contribution in [2.24, 2.45) is 11.3 Å². The van der Waals surface area contributed by atoms with E-state index in [9.17, 15) is 0 Å². The smallest absolute Gasteiger partial charge is 0.00257 e. The summed E-state index contributed by atoms with van der Waals surface area (Å²) in [6.45, 7) is 15.4. The van der Waals surface area contributed by atoms with Gasteiger partial charge in [-0.1, -0.05) is 56.2 Å². The van der Waals surface area contributed by atoms with Gasteiger partial charge in [-0.2, -0.15) is 0 Å². The molecule has 0 aliphatic heterocycles. The maximum atomic E-state index is 2.32. The normalized spacial score (nSPS) is 17.3. The monoisotopic (exact) mass is 206 g/mol. The van der Waals surface area contributed by atoms with Gasteiger partial charge in [0.15, 0.2) is 0 Å². The fourth-order valence-corrected chi connectivity index (χ4v) is 1.65. The van der Waals surface area contributed by atoms with Crippen LogP contribution >= 0.6 is 0 Å². The summed E-state index contributed by atoms with van der Waals surface area (Å²) in [6.07, 6.45) is 8.90. The van der Waals surface area contributed by atoms with E-state index >= 15 is 0 Å². The minimum absolute atomic E-state index is 0.293. The van der Waals surface area contributed by atoms with Crippen LogP contribution in [0, 0.1) is 11.3 Å². The van der Waals surface area contributed by atoms with Crippen LogP contribution in [0.5, 0.6) is 0 Å². The van der Waals surface area contributed by atoms with Crippen molar-refractivity contribution in [3.8, 4) is 0 Å². The molecule has 0 bridgehead atoms. The fraction of sp³-hybridized carbons (Fsp3) is 0.600. The molecule has 0 spiro atoms. The summed E-state index contributed by atoms with van der Waals surface area (Å²) in [5.74, 6) is 0.525. The molecule has 0 amide bonds. The molecule has 0 aliphatic carbocycles. The zero-order valence-corrected chi connectivity index (χ0v) is 11.4. The summed E-state index contributed by atoms with van der Waals surface area (Å²) in [5, 5.41) is 0. The van der Waals surface area contributed by atoms with Gasteiger partial charge in [0, 0.05) is 5.92 Å². The average Bonchev–Trinajstić information content (AvgIpc) is 2.15. The number of hydrogen-bond donors (Lipinski definition) is 0. The van der Waals surface area contributed by atoms with Crippen molar-refractivity contribution in [2.75, 3.05) is 0 Å². The molecule has 0 heterocycles. The van der Waals surface area contributed by atoms with Crippen molar-refractivity contribution in [3.05, 3.63) is 35.5 Å². The lowest BCUT2D eigenvalue weighted by Gasteiger charge is -2.29. The van der Waals surface area contributed by atoms with Crippen molar-refractivity contribution in [3.63, 3.8) is 0 Å². The minimum Gasteiger partial charge on any atom is -0.0881 e. The first kappa shape index (κ1) is 14.2. The van der Waals surface area contributed by atoms with Crippen LogP contribution in [0.2, 0.25) is 0 Å². The van der Waals surface area contributed by atoms with E-state index in [1.807, 2.05) is 0 Å². The Morgan fingerprint density at radius 3 is 1.87 bits per heavy atom. The van der Waals surface area contributed by atoms with Gasteiger partial charge in [0.1, 0.15) is 0 Å². The van der Waals surface area contributed by atoms with Crippen molar-refractivity contribution in [1.82, 2.24) is 0 Å². The van der Waals surface area contributed by atoms with E-state index in [4.69, 9.17) is 0 Å². The molecule has 86 valence electrons. The molecular weight excluding hydrogens is 180 g/mol. The zero-order chi connectivity index (χ0) is 12.1. The predicted molar refractivity (Wildman–Crippen MR) is 70.9 cm³/mol.